The average Bonchev–Trinajstić information content (AvgIpc) is 3.01. The Morgan fingerprint density at radius 1 is 0.381 bits per heavy atom. The van der Waals surface area contributed by atoms with Crippen LogP contribution in [0.3, 0.4) is 0 Å². The minimum Gasteiger partial charge on any atom is -0.249 e. The molecule has 0 saturated carbocycles. The van der Waals surface area contributed by atoms with E-state index in [1.54, 1.807) is 0 Å². The van der Waals surface area contributed by atoms with Gasteiger partial charge in [0.2, 0.25) is 0 Å². The van der Waals surface area contributed by atoms with E-state index in [-0.39, 0.29) is 0 Å². The predicted octanol–water partition coefficient (Wildman–Crippen LogP) is 7.77. The molecule has 0 aliphatic carbocycles. The molecule has 4 aromatic carbocycles. The number of fused-ring (bicyclic) bond motifs is 2. The van der Waals surface area contributed by atoms with Crippen molar-refractivity contribution in [2.45, 2.75) is 62.3 Å². The smallest absolute Gasteiger partial charge is 0.118 e. The third kappa shape index (κ3) is 4.41. The Labute approximate surface area is 250 Å². The first kappa shape index (κ1) is 28.1. The van der Waals surface area contributed by atoms with Gasteiger partial charge in [0, 0.05) is 7.92 Å². The number of hydrogen-bond donors (Lipinski definition) is 0. The summed E-state index contributed by atoms with van der Waals surface area (Å²) < 4.78 is 0. The van der Waals surface area contributed by atoms with Crippen molar-refractivity contribution in [2.75, 3.05) is 0 Å². The van der Waals surface area contributed by atoms with Gasteiger partial charge in [0.05, 0.1) is 27.8 Å². The van der Waals surface area contributed by atoms with Crippen LogP contribution < -0.4 is 16.0 Å². The Morgan fingerprint density at radius 2 is 0.738 bits per heavy atom. The molecular weight excluding hydrogens is 531 g/mol. The minimum atomic E-state index is -1.03. The topological polar surface area (TPSA) is 51.6 Å². The summed E-state index contributed by atoms with van der Waals surface area (Å²) in [5.74, 6) is 0. The summed E-state index contributed by atoms with van der Waals surface area (Å²) in [6.45, 7) is 19.5. The lowest BCUT2D eigenvalue weighted by atomic mass is 9.96. The average molecular weight is 569 g/mol. The van der Waals surface area contributed by atoms with E-state index in [9.17, 15) is 0 Å². The maximum Gasteiger partial charge on any atom is 0.118 e. The highest BCUT2D eigenvalue weighted by Crippen LogP contribution is 2.39. The number of nitrogens with zero attached hydrogens (tertiary/aromatic N) is 4. The van der Waals surface area contributed by atoms with E-state index < -0.39 is 7.92 Å². The third-order valence-electron chi connectivity index (χ3n) is 9.21. The van der Waals surface area contributed by atoms with Gasteiger partial charge in [-0.15, -0.1) is 0 Å². The zero-order valence-electron chi connectivity index (χ0n) is 26.0. The van der Waals surface area contributed by atoms with Crippen LogP contribution in [0.4, 0.5) is 0 Å². The molecule has 42 heavy (non-hydrogen) atoms. The van der Waals surface area contributed by atoms with Crippen LogP contribution in [0.15, 0.2) is 60.7 Å². The van der Waals surface area contributed by atoms with Gasteiger partial charge in [-0.25, -0.2) is 19.9 Å². The summed E-state index contributed by atoms with van der Waals surface area (Å²) in [7, 11) is -1.03. The van der Waals surface area contributed by atoms with E-state index in [0.29, 0.717) is 0 Å². The molecule has 6 aromatic rings. The van der Waals surface area contributed by atoms with Crippen LogP contribution >= 0.6 is 7.92 Å². The fraction of sp³-hybridized carbons (Fsp3) is 0.243. The van der Waals surface area contributed by atoms with Gasteiger partial charge in [0.15, 0.2) is 0 Å². The summed E-state index contributed by atoms with van der Waals surface area (Å²) in [5, 5.41) is 2.47. The van der Waals surface area contributed by atoms with E-state index in [0.717, 1.165) is 44.6 Å². The zero-order valence-corrected chi connectivity index (χ0v) is 26.9. The largest absolute Gasteiger partial charge is 0.249 e. The van der Waals surface area contributed by atoms with E-state index in [4.69, 9.17) is 19.9 Å². The van der Waals surface area contributed by atoms with Gasteiger partial charge in [0.25, 0.3) is 0 Å². The summed E-state index contributed by atoms with van der Waals surface area (Å²) in [4.78, 5) is 21.6. The highest BCUT2D eigenvalue weighted by atomic mass is 31.1. The lowest BCUT2D eigenvalue weighted by Crippen LogP contribution is -2.26. The number of benzene rings is 4. The molecule has 0 aliphatic heterocycles. The second-order valence-corrected chi connectivity index (χ2v) is 13.6. The Kier molecular flexibility index (Phi) is 7.15. The highest BCUT2D eigenvalue weighted by Gasteiger charge is 2.28. The molecule has 4 nitrogen and oxygen atoms in total. The predicted molar refractivity (Wildman–Crippen MR) is 179 cm³/mol. The standard InChI is InChI=1S/C37H37N4P/c1-20-21(2)25(6)32-31(24(20)5)38-28(9)35(39-32)36-37(41-34-27(8)23(4)22(3)26(7)33(34)40-36)42(29-16-12-10-13-17-29)30-18-14-11-15-19-30/h10-19H,1-9H3. The van der Waals surface area contributed by atoms with Gasteiger partial charge in [-0.05, 0) is 117 Å². The number of hydrogen-bond acceptors (Lipinski definition) is 4. The van der Waals surface area contributed by atoms with Gasteiger partial charge < -0.3 is 0 Å². The van der Waals surface area contributed by atoms with Gasteiger partial charge >= 0.3 is 0 Å². The molecule has 0 saturated heterocycles. The first-order valence-electron chi connectivity index (χ1n) is 14.5. The van der Waals surface area contributed by atoms with Crippen molar-refractivity contribution >= 4 is 46.0 Å². The van der Waals surface area contributed by atoms with Crippen molar-refractivity contribution in [1.82, 2.24) is 19.9 Å². The molecule has 0 atom stereocenters. The molecule has 0 fully saturated rings. The first-order chi connectivity index (χ1) is 20.1. The van der Waals surface area contributed by atoms with Crippen molar-refractivity contribution in [2.24, 2.45) is 0 Å². The normalized spacial score (nSPS) is 11.7. The van der Waals surface area contributed by atoms with Crippen molar-refractivity contribution < 1.29 is 0 Å². The summed E-state index contributed by atoms with van der Waals surface area (Å²) in [6, 6.07) is 21.5. The maximum atomic E-state index is 5.56. The van der Waals surface area contributed by atoms with Crippen molar-refractivity contribution in [3.05, 3.63) is 111 Å². The van der Waals surface area contributed by atoms with E-state index in [1.807, 2.05) is 0 Å². The van der Waals surface area contributed by atoms with Crippen LogP contribution in [0.2, 0.25) is 0 Å². The summed E-state index contributed by atoms with van der Waals surface area (Å²) in [6.07, 6.45) is 0. The van der Waals surface area contributed by atoms with Gasteiger partial charge in [-0.3, -0.25) is 0 Å². The Morgan fingerprint density at radius 3 is 1.17 bits per heavy atom. The Hall–Kier alpha value is -4.01. The minimum absolute atomic E-state index is 0.812. The molecular formula is C37H37N4P. The molecule has 2 heterocycles. The number of aryl methyl sites for hydroxylation is 5. The molecule has 210 valence electrons. The fourth-order valence-corrected chi connectivity index (χ4v) is 8.21. The maximum absolute atomic E-state index is 5.56. The lowest BCUT2D eigenvalue weighted by Gasteiger charge is -2.23. The molecule has 0 N–H and O–H groups in total. The van der Waals surface area contributed by atoms with Gasteiger partial charge in [-0.1, -0.05) is 60.7 Å². The van der Waals surface area contributed by atoms with Crippen LogP contribution in [-0.4, -0.2) is 19.9 Å². The van der Waals surface area contributed by atoms with Crippen molar-refractivity contribution in [3.8, 4) is 11.4 Å². The number of aromatic nitrogens is 4. The second kappa shape index (κ2) is 10.7. The Balaban J connectivity index is 1.78. The quantitative estimate of drug-likeness (QED) is 0.204. The van der Waals surface area contributed by atoms with Crippen LogP contribution in [0.5, 0.6) is 0 Å². The molecule has 0 aliphatic rings. The SMILES string of the molecule is Cc1nc2c(C)c(C)c(C)c(C)c2nc1-c1nc2c(C)c(C)c(C)c(C)c2nc1P(c1ccccc1)c1ccccc1. The number of rotatable bonds is 4. The fourth-order valence-electron chi connectivity index (χ4n) is 5.91. The Bertz CT molecular complexity index is 1980. The molecule has 0 radical (unpaired) electrons. The molecule has 0 spiro atoms. The van der Waals surface area contributed by atoms with Crippen LogP contribution in [-0.2, 0) is 0 Å². The lowest BCUT2D eigenvalue weighted by molar-refractivity contribution is 1.13. The van der Waals surface area contributed by atoms with Crippen LogP contribution in [0.25, 0.3) is 33.5 Å². The molecule has 6 rings (SSSR count). The molecule has 0 unspecified atom stereocenters. The van der Waals surface area contributed by atoms with E-state index in [2.05, 4.69) is 123 Å². The van der Waals surface area contributed by atoms with Crippen LogP contribution in [0.1, 0.15) is 50.2 Å². The first-order valence-corrected chi connectivity index (χ1v) is 15.9. The zero-order chi connectivity index (χ0) is 29.9. The third-order valence-corrected chi connectivity index (χ3v) is 11.6. The van der Waals surface area contributed by atoms with Crippen molar-refractivity contribution in [1.29, 1.82) is 0 Å². The monoisotopic (exact) mass is 568 g/mol. The van der Waals surface area contributed by atoms with E-state index >= 15 is 0 Å². The van der Waals surface area contributed by atoms with Gasteiger partial charge in [0.1, 0.15) is 16.8 Å². The highest BCUT2D eigenvalue weighted by molar-refractivity contribution is 7.79. The molecule has 0 amide bonds. The van der Waals surface area contributed by atoms with Gasteiger partial charge in [-0.2, -0.15) is 0 Å². The molecule has 0 bridgehead atoms. The van der Waals surface area contributed by atoms with E-state index in [1.165, 1.54) is 55.1 Å². The molecule has 2 aromatic heterocycles. The second-order valence-electron chi connectivity index (χ2n) is 11.5. The summed E-state index contributed by atoms with van der Waals surface area (Å²) >= 11 is 0. The molecule has 5 heteroatoms. The summed E-state index contributed by atoms with van der Waals surface area (Å²) in [5.41, 5.74) is 17.1. The van der Waals surface area contributed by atoms with Crippen molar-refractivity contribution in [3.63, 3.8) is 0 Å². The van der Waals surface area contributed by atoms with Crippen LogP contribution in [0, 0.1) is 62.3 Å².